The Kier molecular flexibility index (Phi) is 5.60. The third-order valence-corrected chi connectivity index (χ3v) is 3.64. The van der Waals surface area contributed by atoms with Crippen LogP contribution in [0, 0.1) is 17.3 Å². The molecule has 0 amide bonds. The summed E-state index contributed by atoms with van der Waals surface area (Å²) in [4.78, 5) is 22.1. The molecule has 0 aromatic heterocycles. The molecule has 0 saturated heterocycles. The number of ether oxygens (including phenoxy) is 2. The molecule has 0 N–H and O–H groups in total. The van der Waals surface area contributed by atoms with Crippen LogP contribution < -0.4 is 0 Å². The van der Waals surface area contributed by atoms with E-state index >= 15 is 0 Å². The van der Waals surface area contributed by atoms with Crippen molar-refractivity contribution in [2.24, 2.45) is 5.41 Å². The van der Waals surface area contributed by atoms with E-state index in [1.807, 2.05) is 6.92 Å². The van der Waals surface area contributed by atoms with Crippen LogP contribution in [0.2, 0.25) is 0 Å². The van der Waals surface area contributed by atoms with E-state index in [9.17, 15) is 9.59 Å². The summed E-state index contributed by atoms with van der Waals surface area (Å²) >= 11 is 0. The Morgan fingerprint density at radius 2 is 1.90 bits per heavy atom. The smallest absolute Gasteiger partial charge is 0.303 e. The van der Waals surface area contributed by atoms with Crippen LogP contribution in [0.5, 0.6) is 0 Å². The molecule has 0 spiro atoms. The minimum atomic E-state index is -0.451. The lowest BCUT2D eigenvalue weighted by molar-refractivity contribution is -0.145. The molecule has 0 bridgehead atoms. The molecule has 1 aliphatic rings. The summed E-state index contributed by atoms with van der Waals surface area (Å²) in [6.45, 7) is 10.7. The normalized spacial score (nSPS) is 21.9. The van der Waals surface area contributed by atoms with Gasteiger partial charge in [0.2, 0.25) is 0 Å². The van der Waals surface area contributed by atoms with E-state index in [4.69, 9.17) is 9.47 Å². The molecular weight excluding hydrogens is 268 g/mol. The van der Waals surface area contributed by atoms with Crippen LogP contribution >= 0.6 is 0 Å². The molecule has 1 rings (SSSR count). The molecule has 0 radical (unpaired) electrons. The van der Waals surface area contributed by atoms with Crippen LogP contribution in [0.4, 0.5) is 0 Å². The van der Waals surface area contributed by atoms with Crippen molar-refractivity contribution in [3.05, 3.63) is 11.1 Å². The first-order valence-electron chi connectivity index (χ1n) is 7.20. The standard InChI is InChI=1S/C17H24O4/c1-11(20-13(3)18)7-8-15-12(2)16(21-14(4)19)9-10-17(15,5)6/h11,16H,9-10H2,1-6H3. The molecular formula is C17H24O4. The molecule has 4 nitrogen and oxygen atoms in total. The highest BCUT2D eigenvalue weighted by atomic mass is 16.5. The van der Waals surface area contributed by atoms with Gasteiger partial charge in [0.1, 0.15) is 6.10 Å². The van der Waals surface area contributed by atoms with Gasteiger partial charge in [0, 0.05) is 19.4 Å². The van der Waals surface area contributed by atoms with Crippen molar-refractivity contribution in [1.29, 1.82) is 0 Å². The molecule has 0 fully saturated rings. The van der Waals surface area contributed by atoms with Crippen molar-refractivity contribution in [2.45, 2.75) is 66.6 Å². The predicted octanol–water partition coefficient (Wildman–Crippen LogP) is 3.01. The molecule has 4 heteroatoms. The van der Waals surface area contributed by atoms with Gasteiger partial charge in [-0.2, -0.15) is 0 Å². The van der Waals surface area contributed by atoms with Crippen LogP contribution in [0.1, 0.15) is 54.4 Å². The topological polar surface area (TPSA) is 52.6 Å². The maximum atomic E-state index is 11.2. The summed E-state index contributed by atoms with van der Waals surface area (Å²) in [5.74, 6) is 5.46. The van der Waals surface area contributed by atoms with E-state index in [-0.39, 0.29) is 23.5 Å². The van der Waals surface area contributed by atoms with Gasteiger partial charge >= 0.3 is 11.9 Å². The number of carbonyl (C=O) groups excluding carboxylic acids is 2. The van der Waals surface area contributed by atoms with Crippen molar-refractivity contribution >= 4 is 11.9 Å². The van der Waals surface area contributed by atoms with Gasteiger partial charge in [-0.3, -0.25) is 9.59 Å². The number of rotatable bonds is 2. The van der Waals surface area contributed by atoms with E-state index in [1.54, 1.807) is 6.92 Å². The summed E-state index contributed by atoms with van der Waals surface area (Å²) in [6, 6.07) is 0. The fourth-order valence-electron chi connectivity index (χ4n) is 2.60. The number of hydrogen-bond donors (Lipinski definition) is 0. The molecule has 0 saturated carbocycles. The van der Waals surface area contributed by atoms with Crippen molar-refractivity contribution in [1.82, 2.24) is 0 Å². The van der Waals surface area contributed by atoms with Gasteiger partial charge in [-0.15, -0.1) is 0 Å². The summed E-state index contributed by atoms with van der Waals surface area (Å²) in [7, 11) is 0. The zero-order valence-electron chi connectivity index (χ0n) is 13.7. The molecule has 2 atom stereocenters. The van der Waals surface area contributed by atoms with Crippen LogP contribution in [0.3, 0.4) is 0 Å². The highest BCUT2D eigenvalue weighted by molar-refractivity contribution is 5.67. The highest BCUT2D eigenvalue weighted by Crippen LogP contribution is 2.40. The fourth-order valence-corrected chi connectivity index (χ4v) is 2.60. The highest BCUT2D eigenvalue weighted by Gasteiger charge is 2.33. The number of carbonyl (C=O) groups is 2. The molecule has 0 aliphatic heterocycles. The Morgan fingerprint density at radius 1 is 1.29 bits per heavy atom. The van der Waals surface area contributed by atoms with Gasteiger partial charge in [-0.05, 0) is 37.7 Å². The SMILES string of the molecule is CC(=O)OC(C)C#CC1=C(C)C(OC(C)=O)CCC1(C)C. The molecule has 2 unspecified atom stereocenters. The minimum absolute atomic E-state index is 0.0658. The molecule has 0 aromatic carbocycles. The van der Waals surface area contributed by atoms with Gasteiger partial charge in [-0.25, -0.2) is 0 Å². The summed E-state index contributed by atoms with van der Waals surface area (Å²) in [5.41, 5.74) is 1.90. The van der Waals surface area contributed by atoms with Gasteiger partial charge in [0.15, 0.2) is 6.10 Å². The maximum absolute atomic E-state index is 11.2. The molecule has 0 heterocycles. The first-order chi connectivity index (χ1) is 9.63. The maximum Gasteiger partial charge on any atom is 0.303 e. The van der Waals surface area contributed by atoms with Crippen molar-refractivity contribution < 1.29 is 19.1 Å². The lowest BCUT2D eigenvalue weighted by Gasteiger charge is -2.35. The fraction of sp³-hybridized carbons (Fsp3) is 0.647. The van der Waals surface area contributed by atoms with Gasteiger partial charge in [0.25, 0.3) is 0 Å². The Hall–Kier alpha value is -1.76. The number of hydrogen-bond acceptors (Lipinski definition) is 4. The van der Waals surface area contributed by atoms with E-state index in [1.165, 1.54) is 13.8 Å². The van der Waals surface area contributed by atoms with Gasteiger partial charge < -0.3 is 9.47 Å². The van der Waals surface area contributed by atoms with E-state index in [0.717, 1.165) is 24.0 Å². The average molecular weight is 292 g/mol. The zero-order valence-corrected chi connectivity index (χ0v) is 13.7. The number of esters is 2. The van der Waals surface area contributed by atoms with Crippen LogP contribution in [-0.2, 0) is 19.1 Å². The largest absolute Gasteiger partial charge is 0.458 e. The molecule has 21 heavy (non-hydrogen) atoms. The summed E-state index contributed by atoms with van der Waals surface area (Å²) in [5, 5.41) is 0. The number of allylic oxidation sites excluding steroid dienone is 1. The molecule has 1 aliphatic carbocycles. The minimum Gasteiger partial charge on any atom is -0.458 e. The Balaban J connectivity index is 3.04. The van der Waals surface area contributed by atoms with Crippen molar-refractivity contribution in [2.75, 3.05) is 0 Å². The monoisotopic (exact) mass is 292 g/mol. The summed E-state index contributed by atoms with van der Waals surface area (Å²) in [6.07, 6.45) is 1.05. The first kappa shape index (κ1) is 17.3. The van der Waals surface area contributed by atoms with Crippen LogP contribution in [0.15, 0.2) is 11.1 Å². The second-order valence-corrected chi connectivity index (χ2v) is 6.10. The zero-order chi connectivity index (χ0) is 16.2. The van der Waals surface area contributed by atoms with Crippen LogP contribution in [-0.4, -0.2) is 24.1 Å². The average Bonchev–Trinajstić information content (AvgIpc) is 2.31. The van der Waals surface area contributed by atoms with Crippen molar-refractivity contribution in [3.8, 4) is 11.8 Å². The molecule has 0 aromatic rings. The third-order valence-electron chi connectivity index (χ3n) is 3.64. The van der Waals surface area contributed by atoms with Gasteiger partial charge in [-0.1, -0.05) is 25.7 Å². The Morgan fingerprint density at radius 3 is 2.43 bits per heavy atom. The first-order valence-corrected chi connectivity index (χ1v) is 7.20. The Labute approximate surface area is 126 Å². The van der Waals surface area contributed by atoms with Crippen LogP contribution in [0.25, 0.3) is 0 Å². The molecule has 116 valence electrons. The van der Waals surface area contributed by atoms with E-state index in [0.29, 0.717) is 0 Å². The van der Waals surface area contributed by atoms with E-state index < -0.39 is 6.10 Å². The second kappa shape index (κ2) is 6.80. The predicted molar refractivity (Wildman–Crippen MR) is 80.3 cm³/mol. The van der Waals surface area contributed by atoms with Gasteiger partial charge in [0.05, 0.1) is 0 Å². The third kappa shape index (κ3) is 4.93. The lowest BCUT2D eigenvalue weighted by atomic mass is 9.72. The lowest BCUT2D eigenvalue weighted by Crippen LogP contribution is -2.30. The quantitative estimate of drug-likeness (QED) is 0.580. The Bertz CT molecular complexity index is 517. The second-order valence-electron chi connectivity index (χ2n) is 6.10. The van der Waals surface area contributed by atoms with E-state index in [2.05, 4.69) is 25.7 Å². The summed E-state index contributed by atoms with van der Waals surface area (Å²) < 4.78 is 10.4. The van der Waals surface area contributed by atoms with Crippen molar-refractivity contribution in [3.63, 3.8) is 0 Å².